The third kappa shape index (κ3) is 9.68. The van der Waals surface area contributed by atoms with Crippen molar-refractivity contribution in [3.63, 3.8) is 0 Å². The van der Waals surface area contributed by atoms with Crippen LogP contribution in [0.4, 0.5) is 4.79 Å². The van der Waals surface area contributed by atoms with Crippen LogP contribution in [0.3, 0.4) is 0 Å². The normalized spacial score (nSPS) is 19.3. The number of nitrogens with zero attached hydrogens (tertiary/aromatic N) is 1. The van der Waals surface area contributed by atoms with Gasteiger partial charge in [0.15, 0.2) is 0 Å². The van der Waals surface area contributed by atoms with Gasteiger partial charge in [0.1, 0.15) is 17.4 Å². The molecule has 1 heterocycles. The highest BCUT2D eigenvalue weighted by Gasteiger charge is 2.41. The third-order valence-electron chi connectivity index (χ3n) is 6.77. The van der Waals surface area contributed by atoms with Crippen molar-refractivity contribution < 1.29 is 23.9 Å². The van der Waals surface area contributed by atoms with E-state index in [1.807, 2.05) is 24.3 Å². The number of hydrogen-bond acceptors (Lipinski definition) is 8. The first-order chi connectivity index (χ1) is 18.2. The molecule has 0 unspecified atom stereocenters. The molecule has 8 nitrogen and oxygen atoms in total. The molecule has 2 N–H and O–H groups in total. The summed E-state index contributed by atoms with van der Waals surface area (Å²) in [5.74, 6) is 2.28. The highest BCUT2D eigenvalue weighted by molar-refractivity contribution is 7.99. The molecule has 1 aromatic rings. The molecule has 1 aliphatic heterocycles. The van der Waals surface area contributed by atoms with Gasteiger partial charge in [-0.05, 0) is 69.4 Å². The first kappa shape index (κ1) is 30.6. The van der Waals surface area contributed by atoms with Crippen LogP contribution in [-0.2, 0) is 20.9 Å². The Morgan fingerprint density at radius 1 is 1.13 bits per heavy atom. The molecule has 1 aromatic carbocycles. The number of carbonyl (C=O) groups is 3. The van der Waals surface area contributed by atoms with Crippen molar-refractivity contribution >= 4 is 41.6 Å². The molecule has 0 spiro atoms. The molecule has 212 valence electrons. The van der Waals surface area contributed by atoms with Crippen molar-refractivity contribution in [3.05, 3.63) is 29.8 Å². The lowest BCUT2D eigenvalue weighted by molar-refractivity contribution is -0.141. The largest absolute Gasteiger partial charge is 0.497 e. The topological polar surface area (TPSA) is 97.0 Å². The number of rotatable bonds is 10. The summed E-state index contributed by atoms with van der Waals surface area (Å²) in [5, 5.41) is 2.97. The van der Waals surface area contributed by atoms with Gasteiger partial charge in [0, 0.05) is 24.6 Å². The van der Waals surface area contributed by atoms with Crippen molar-refractivity contribution in [2.75, 3.05) is 30.9 Å². The van der Waals surface area contributed by atoms with Crippen molar-refractivity contribution in [2.24, 2.45) is 11.8 Å². The summed E-state index contributed by atoms with van der Waals surface area (Å²) in [6, 6.07) is 6.48. The lowest BCUT2D eigenvalue weighted by atomic mass is 9.91. The predicted molar refractivity (Wildman–Crippen MR) is 154 cm³/mol. The Balaban J connectivity index is 1.80. The average Bonchev–Trinajstić information content (AvgIpc) is 2.91. The summed E-state index contributed by atoms with van der Waals surface area (Å²) in [6.45, 7) is 6.04. The fourth-order valence-electron chi connectivity index (χ4n) is 4.64. The van der Waals surface area contributed by atoms with E-state index in [-0.39, 0.29) is 24.3 Å². The lowest BCUT2D eigenvalue weighted by Crippen LogP contribution is -2.57. The van der Waals surface area contributed by atoms with E-state index < -0.39 is 17.7 Å². The summed E-state index contributed by atoms with van der Waals surface area (Å²) >= 11 is 3.22. The SMILES string of the molecule is COc1ccc(CNC(=O)[C@H](CSCC2CCCCC2)N(C(=O)OC(C)(C)C)C(=O)[C@@H]2CCSNC2)cc1. The van der Waals surface area contributed by atoms with Crippen LogP contribution in [0.25, 0.3) is 0 Å². The Morgan fingerprint density at radius 3 is 2.45 bits per heavy atom. The van der Waals surface area contributed by atoms with Crippen LogP contribution in [0.5, 0.6) is 5.75 Å². The zero-order valence-electron chi connectivity index (χ0n) is 23.1. The Bertz CT molecular complexity index is 910. The molecule has 2 aliphatic rings. The van der Waals surface area contributed by atoms with Gasteiger partial charge in [-0.1, -0.05) is 43.3 Å². The zero-order chi connectivity index (χ0) is 27.5. The molecular weight excluding hydrogens is 522 g/mol. The van der Waals surface area contributed by atoms with Gasteiger partial charge in [0.2, 0.25) is 11.8 Å². The summed E-state index contributed by atoms with van der Waals surface area (Å²) in [6.07, 6.45) is 6.04. The molecule has 1 saturated carbocycles. The van der Waals surface area contributed by atoms with Crippen LogP contribution < -0.4 is 14.8 Å². The molecule has 38 heavy (non-hydrogen) atoms. The number of amides is 3. The number of carbonyl (C=O) groups excluding carboxylic acids is 3. The Kier molecular flexibility index (Phi) is 12.1. The first-order valence-electron chi connectivity index (χ1n) is 13.6. The predicted octanol–water partition coefficient (Wildman–Crippen LogP) is 5.01. The minimum atomic E-state index is -0.959. The lowest BCUT2D eigenvalue weighted by Gasteiger charge is -2.34. The zero-order valence-corrected chi connectivity index (χ0v) is 24.8. The highest BCUT2D eigenvalue weighted by atomic mass is 32.2. The van der Waals surface area contributed by atoms with Crippen molar-refractivity contribution in [1.29, 1.82) is 0 Å². The highest BCUT2D eigenvalue weighted by Crippen LogP contribution is 2.28. The molecular formula is C28H43N3O5S2. The van der Waals surface area contributed by atoms with Crippen LogP contribution in [-0.4, -0.2) is 65.4 Å². The summed E-state index contributed by atoms with van der Waals surface area (Å²) in [5.41, 5.74) is 0.103. The van der Waals surface area contributed by atoms with E-state index in [0.717, 1.165) is 27.7 Å². The van der Waals surface area contributed by atoms with Crippen LogP contribution in [0.15, 0.2) is 24.3 Å². The van der Waals surface area contributed by atoms with E-state index >= 15 is 0 Å². The van der Waals surface area contributed by atoms with E-state index in [4.69, 9.17) is 9.47 Å². The molecule has 1 saturated heterocycles. The van der Waals surface area contributed by atoms with E-state index in [2.05, 4.69) is 10.0 Å². The van der Waals surface area contributed by atoms with Crippen molar-refractivity contribution in [2.45, 2.75) is 77.5 Å². The van der Waals surface area contributed by atoms with Gasteiger partial charge in [-0.15, -0.1) is 0 Å². The molecule has 3 rings (SSSR count). The second-order valence-corrected chi connectivity index (χ2v) is 13.1. The number of imide groups is 1. The van der Waals surface area contributed by atoms with E-state index in [1.54, 1.807) is 51.6 Å². The van der Waals surface area contributed by atoms with Crippen LogP contribution in [0.2, 0.25) is 0 Å². The third-order valence-corrected chi connectivity index (χ3v) is 8.84. The van der Waals surface area contributed by atoms with Gasteiger partial charge < -0.3 is 14.8 Å². The van der Waals surface area contributed by atoms with Crippen LogP contribution in [0.1, 0.15) is 64.9 Å². The maximum absolute atomic E-state index is 13.8. The van der Waals surface area contributed by atoms with Crippen molar-refractivity contribution in [1.82, 2.24) is 14.9 Å². The molecule has 0 radical (unpaired) electrons. The van der Waals surface area contributed by atoms with E-state index in [9.17, 15) is 14.4 Å². The Labute approximate surface area is 235 Å². The number of hydrogen-bond donors (Lipinski definition) is 2. The Morgan fingerprint density at radius 2 is 1.84 bits per heavy atom. The quantitative estimate of drug-likeness (QED) is 0.382. The van der Waals surface area contributed by atoms with Gasteiger partial charge in [-0.3, -0.25) is 14.3 Å². The number of methoxy groups -OCH3 is 1. The first-order valence-corrected chi connectivity index (χ1v) is 15.7. The van der Waals surface area contributed by atoms with Gasteiger partial charge >= 0.3 is 6.09 Å². The minimum Gasteiger partial charge on any atom is -0.497 e. The molecule has 0 bridgehead atoms. The molecule has 2 fully saturated rings. The average molecular weight is 566 g/mol. The number of benzene rings is 1. The number of ether oxygens (including phenoxy) is 2. The molecule has 2 atom stereocenters. The Hall–Kier alpha value is -1.91. The molecule has 10 heteroatoms. The second-order valence-electron chi connectivity index (χ2n) is 11.0. The van der Waals surface area contributed by atoms with Crippen LogP contribution in [0, 0.1) is 11.8 Å². The fraction of sp³-hybridized carbons (Fsp3) is 0.679. The molecule has 1 aliphatic carbocycles. The minimum absolute atomic E-state index is 0.282. The van der Waals surface area contributed by atoms with Gasteiger partial charge in [-0.2, -0.15) is 11.8 Å². The van der Waals surface area contributed by atoms with Crippen LogP contribution >= 0.6 is 23.7 Å². The second kappa shape index (κ2) is 15.0. The van der Waals surface area contributed by atoms with Gasteiger partial charge in [0.05, 0.1) is 13.0 Å². The van der Waals surface area contributed by atoms with Gasteiger partial charge in [0.25, 0.3) is 0 Å². The number of thioether (sulfide) groups is 1. The summed E-state index contributed by atoms with van der Waals surface area (Å²) in [7, 11) is 1.61. The maximum atomic E-state index is 13.8. The van der Waals surface area contributed by atoms with E-state index in [1.165, 1.54) is 32.1 Å². The van der Waals surface area contributed by atoms with Gasteiger partial charge in [-0.25, -0.2) is 9.69 Å². The number of nitrogens with one attached hydrogen (secondary N) is 2. The standard InChI is InChI=1S/C28H43N3O5S2/c1-28(2,3)36-27(34)31(26(33)22-14-15-38-30-17-22)24(19-37-18-21-8-6-5-7-9-21)25(32)29-16-20-10-12-23(35-4)13-11-20/h10-13,21-22,24,30H,5-9,14-19H2,1-4H3,(H,29,32)/t22-,24+/m1/s1. The summed E-state index contributed by atoms with van der Waals surface area (Å²) < 4.78 is 14.1. The fourth-order valence-corrected chi connectivity index (χ4v) is 6.83. The molecule has 0 aromatic heterocycles. The maximum Gasteiger partial charge on any atom is 0.417 e. The van der Waals surface area contributed by atoms with Crippen molar-refractivity contribution in [3.8, 4) is 5.75 Å². The summed E-state index contributed by atoms with van der Waals surface area (Å²) in [4.78, 5) is 42.0. The monoisotopic (exact) mass is 565 g/mol. The molecule has 3 amide bonds. The van der Waals surface area contributed by atoms with E-state index in [0.29, 0.717) is 24.6 Å². The smallest absolute Gasteiger partial charge is 0.417 e.